The summed E-state index contributed by atoms with van der Waals surface area (Å²) in [6.07, 6.45) is 0. The summed E-state index contributed by atoms with van der Waals surface area (Å²) in [7, 11) is -0.324. The third-order valence-corrected chi connectivity index (χ3v) is 6.28. The van der Waals surface area contributed by atoms with Crippen molar-refractivity contribution in [3.8, 4) is 0 Å². The van der Waals surface area contributed by atoms with E-state index in [0.717, 1.165) is 30.9 Å². The van der Waals surface area contributed by atoms with Crippen molar-refractivity contribution >= 4 is 15.7 Å². The van der Waals surface area contributed by atoms with Gasteiger partial charge in [-0.2, -0.15) is 0 Å². The molecule has 6 heteroatoms. The molecule has 0 aliphatic rings. The quantitative estimate of drug-likeness (QED) is 0.730. The first-order chi connectivity index (χ1) is 12.4. The fraction of sp³-hybridized carbons (Fsp3) is 0.400. The molecule has 0 radical (unpaired) electrons. The average molecular weight is 376 g/mol. The van der Waals surface area contributed by atoms with E-state index in [1.807, 2.05) is 18.2 Å². The van der Waals surface area contributed by atoms with E-state index in [1.165, 1.54) is 9.87 Å². The summed E-state index contributed by atoms with van der Waals surface area (Å²) < 4.78 is 25.8. The van der Waals surface area contributed by atoms with Gasteiger partial charge in [-0.3, -0.25) is 4.90 Å². The highest BCUT2D eigenvalue weighted by Crippen LogP contribution is 2.20. The number of nitrogens with zero attached hydrogens (tertiary/aromatic N) is 2. The van der Waals surface area contributed by atoms with E-state index in [0.29, 0.717) is 11.4 Å². The van der Waals surface area contributed by atoms with Crippen molar-refractivity contribution in [2.75, 3.05) is 32.5 Å². The van der Waals surface area contributed by atoms with Gasteiger partial charge in [-0.25, -0.2) is 12.7 Å². The maximum atomic E-state index is 12.3. The first-order valence-corrected chi connectivity index (χ1v) is 10.4. The number of anilines is 1. The van der Waals surface area contributed by atoms with Gasteiger partial charge in [0, 0.05) is 32.9 Å². The molecular formula is C20H29N3O2S. The lowest BCUT2D eigenvalue weighted by molar-refractivity contribution is 0.296. The van der Waals surface area contributed by atoms with Crippen molar-refractivity contribution < 1.29 is 8.42 Å². The summed E-state index contributed by atoms with van der Waals surface area (Å²) in [6.45, 7) is 7.81. The first kappa shape index (κ1) is 20.4. The molecule has 0 aliphatic heterocycles. The average Bonchev–Trinajstić information content (AvgIpc) is 2.65. The molecule has 0 atom stereocenters. The number of sulfonamides is 1. The topological polar surface area (TPSA) is 52.7 Å². The van der Waals surface area contributed by atoms with Crippen LogP contribution >= 0.6 is 0 Å². The molecule has 5 nitrogen and oxygen atoms in total. The number of hydrogen-bond donors (Lipinski definition) is 1. The number of hydrogen-bond acceptors (Lipinski definition) is 4. The summed E-state index contributed by atoms with van der Waals surface area (Å²) in [5, 5.41) is 3.46. The van der Waals surface area contributed by atoms with Gasteiger partial charge in [0.15, 0.2) is 0 Å². The third-order valence-electron chi connectivity index (χ3n) is 4.47. The largest absolute Gasteiger partial charge is 0.381 e. The molecule has 0 bridgehead atoms. The van der Waals surface area contributed by atoms with E-state index in [2.05, 4.69) is 36.2 Å². The Labute approximate surface area is 157 Å². The van der Waals surface area contributed by atoms with Crippen molar-refractivity contribution in [1.82, 2.24) is 9.21 Å². The Hall–Kier alpha value is -1.89. The summed E-state index contributed by atoms with van der Waals surface area (Å²) in [4.78, 5) is 2.68. The fourth-order valence-electron chi connectivity index (χ4n) is 2.74. The van der Waals surface area contributed by atoms with Gasteiger partial charge in [0.05, 0.1) is 4.90 Å². The van der Waals surface area contributed by atoms with E-state index >= 15 is 0 Å². The molecule has 1 N–H and O–H groups in total. The van der Waals surface area contributed by atoms with Crippen LogP contribution in [-0.2, 0) is 23.1 Å². The van der Waals surface area contributed by atoms with Crippen molar-refractivity contribution in [2.45, 2.75) is 31.8 Å². The van der Waals surface area contributed by atoms with E-state index in [4.69, 9.17) is 0 Å². The van der Waals surface area contributed by atoms with Gasteiger partial charge in [0.1, 0.15) is 0 Å². The SMILES string of the molecule is CCN(CC)Cc1ccccc1NCc1cccc(S(=O)(=O)N(C)C)c1. The van der Waals surface area contributed by atoms with Crippen LogP contribution in [-0.4, -0.2) is 44.8 Å². The maximum Gasteiger partial charge on any atom is 0.242 e. The molecule has 2 aromatic rings. The highest BCUT2D eigenvalue weighted by atomic mass is 32.2. The second-order valence-corrected chi connectivity index (χ2v) is 8.56. The van der Waals surface area contributed by atoms with Crippen LogP contribution in [0.1, 0.15) is 25.0 Å². The van der Waals surface area contributed by atoms with Gasteiger partial charge in [-0.05, 0) is 42.4 Å². The molecule has 0 unspecified atom stereocenters. The second kappa shape index (κ2) is 9.16. The van der Waals surface area contributed by atoms with Crippen molar-refractivity contribution in [3.63, 3.8) is 0 Å². The molecule has 0 aromatic heterocycles. The van der Waals surface area contributed by atoms with Crippen LogP contribution in [0.5, 0.6) is 0 Å². The second-order valence-electron chi connectivity index (χ2n) is 6.41. The van der Waals surface area contributed by atoms with Crippen molar-refractivity contribution in [3.05, 3.63) is 59.7 Å². The van der Waals surface area contributed by atoms with E-state index in [9.17, 15) is 8.42 Å². The van der Waals surface area contributed by atoms with Crippen LogP contribution in [0.15, 0.2) is 53.4 Å². The first-order valence-electron chi connectivity index (χ1n) is 8.94. The predicted octanol–water partition coefficient (Wildman–Crippen LogP) is 3.39. The highest BCUT2D eigenvalue weighted by Gasteiger charge is 2.17. The molecule has 0 heterocycles. The van der Waals surface area contributed by atoms with Crippen molar-refractivity contribution in [1.29, 1.82) is 0 Å². The summed E-state index contributed by atoms with van der Waals surface area (Å²) in [6, 6.07) is 15.4. The molecule has 0 spiro atoms. The molecule has 2 aromatic carbocycles. The Bertz CT molecular complexity index is 815. The number of rotatable bonds is 9. The highest BCUT2D eigenvalue weighted by molar-refractivity contribution is 7.89. The van der Waals surface area contributed by atoms with Crippen LogP contribution in [0.3, 0.4) is 0 Å². The van der Waals surface area contributed by atoms with Gasteiger partial charge < -0.3 is 5.32 Å². The van der Waals surface area contributed by atoms with E-state index < -0.39 is 10.0 Å². The Morgan fingerprint density at radius 1 is 0.962 bits per heavy atom. The summed E-state index contributed by atoms with van der Waals surface area (Å²) in [5.41, 5.74) is 3.26. The zero-order valence-corrected chi connectivity index (χ0v) is 16.9. The van der Waals surface area contributed by atoms with Gasteiger partial charge in [0.25, 0.3) is 0 Å². The third kappa shape index (κ3) is 5.06. The van der Waals surface area contributed by atoms with Crippen LogP contribution in [0.4, 0.5) is 5.69 Å². The lowest BCUT2D eigenvalue weighted by atomic mass is 10.1. The Morgan fingerprint density at radius 2 is 1.65 bits per heavy atom. The van der Waals surface area contributed by atoms with Crippen molar-refractivity contribution in [2.24, 2.45) is 0 Å². The molecule has 26 heavy (non-hydrogen) atoms. The molecule has 142 valence electrons. The Morgan fingerprint density at radius 3 is 2.31 bits per heavy atom. The molecular weight excluding hydrogens is 346 g/mol. The summed E-state index contributed by atoms with van der Waals surface area (Å²) >= 11 is 0. The molecule has 0 aliphatic carbocycles. The molecule has 0 saturated carbocycles. The summed E-state index contributed by atoms with van der Waals surface area (Å²) in [5.74, 6) is 0. The standard InChI is InChI=1S/C20H29N3O2S/c1-5-23(6-2)16-18-11-7-8-13-20(18)21-15-17-10-9-12-19(14-17)26(24,25)22(3)4/h7-14,21H,5-6,15-16H2,1-4H3. The number of para-hydroxylation sites is 1. The van der Waals surface area contributed by atoms with Gasteiger partial charge >= 0.3 is 0 Å². The fourth-order valence-corrected chi connectivity index (χ4v) is 3.72. The lowest BCUT2D eigenvalue weighted by Crippen LogP contribution is -2.23. The minimum absolute atomic E-state index is 0.318. The normalized spacial score (nSPS) is 11.9. The van der Waals surface area contributed by atoms with Gasteiger partial charge in [0.2, 0.25) is 10.0 Å². The Balaban J connectivity index is 2.15. The lowest BCUT2D eigenvalue weighted by Gasteiger charge is -2.20. The van der Waals surface area contributed by atoms with Crippen LogP contribution < -0.4 is 5.32 Å². The zero-order chi connectivity index (χ0) is 19.2. The van der Waals surface area contributed by atoms with E-state index in [1.54, 1.807) is 32.3 Å². The van der Waals surface area contributed by atoms with Crippen LogP contribution in [0, 0.1) is 0 Å². The molecule has 2 rings (SSSR count). The molecule has 0 saturated heterocycles. The number of benzene rings is 2. The molecule has 0 amide bonds. The minimum atomic E-state index is -3.41. The minimum Gasteiger partial charge on any atom is -0.381 e. The molecule has 0 fully saturated rings. The smallest absolute Gasteiger partial charge is 0.242 e. The van der Waals surface area contributed by atoms with Gasteiger partial charge in [-0.15, -0.1) is 0 Å². The zero-order valence-electron chi connectivity index (χ0n) is 16.1. The van der Waals surface area contributed by atoms with E-state index in [-0.39, 0.29) is 0 Å². The van der Waals surface area contributed by atoms with Crippen LogP contribution in [0.25, 0.3) is 0 Å². The predicted molar refractivity (Wildman–Crippen MR) is 108 cm³/mol. The monoisotopic (exact) mass is 375 g/mol. The van der Waals surface area contributed by atoms with Gasteiger partial charge in [-0.1, -0.05) is 44.2 Å². The number of nitrogens with one attached hydrogen (secondary N) is 1. The maximum absolute atomic E-state index is 12.3. The Kier molecular flexibility index (Phi) is 7.20. The van der Waals surface area contributed by atoms with Crippen LogP contribution in [0.2, 0.25) is 0 Å².